The summed E-state index contributed by atoms with van der Waals surface area (Å²) in [5.74, 6) is 0.333. The number of unbranched alkanes of at least 4 members (excludes halogenated alkanes) is 5. The van der Waals surface area contributed by atoms with E-state index in [1.54, 1.807) is 30.5 Å². The van der Waals surface area contributed by atoms with Gasteiger partial charge in [-0.15, -0.1) is 0 Å². The number of carbonyl (C=O) groups is 2. The Bertz CT molecular complexity index is 3290. The Morgan fingerprint density at radius 3 is 1.89 bits per heavy atom. The molecular formula is C71H88N4O7. The number of phenols is 4. The van der Waals surface area contributed by atoms with Crippen LogP contribution in [-0.2, 0) is 21.7 Å². The van der Waals surface area contributed by atoms with E-state index >= 15 is 0 Å². The van der Waals surface area contributed by atoms with Gasteiger partial charge in [-0.3, -0.25) is 9.78 Å². The number of pyridine rings is 1. The number of hydrogen-bond acceptors (Lipinski definition) is 9. The molecule has 0 bridgehead atoms. The number of carbonyl (C=O) groups excluding carboxylic acids is 2. The van der Waals surface area contributed by atoms with Crippen molar-refractivity contribution in [2.45, 2.75) is 194 Å². The summed E-state index contributed by atoms with van der Waals surface area (Å²) in [7, 11) is 0. The van der Waals surface area contributed by atoms with Crippen LogP contribution in [0.3, 0.4) is 0 Å². The summed E-state index contributed by atoms with van der Waals surface area (Å²) in [4.78, 5) is 33.6. The Balaban J connectivity index is 0.000000201. The van der Waals surface area contributed by atoms with Crippen molar-refractivity contribution in [3.63, 3.8) is 0 Å². The molecule has 10 rings (SSSR count). The lowest BCUT2D eigenvalue weighted by Gasteiger charge is -2.33. The zero-order chi connectivity index (χ0) is 58.1. The number of aromatic nitrogens is 2. The van der Waals surface area contributed by atoms with Crippen LogP contribution in [-0.4, -0.2) is 54.9 Å². The lowest BCUT2D eigenvalue weighted by molar-refractivity contribution is -0.114. The number of rotatable bonds is 20. The maximum Gasteiger partial charge on any atom is 0.341 e. The van der Waals surface area contributed by atoms with Gasteiger partial charge in [-0.05, 0) is 171 Å². The molecule has 82 heavy (non-hydrogen) atoms. The van der Waals surface area contributed by atoms with E-state index in [1.165, 1.54) is 77.6 Å². The second-order valence-corrected chi connectivity index (χ2v) is 23.7. The molecule has 0 radical (unpaired) electrons. The Kier molecular flexibility index (Phi) is 19.4. The van der Waals surface area contributed by atoms with Gasteiger partial charge in [-0.2, -0.15) is 0 Å². The minimum Gasteiger partial charge on any atom is -0.508 e. The van der Waals surface area contributed by atoms with E-state index in [9.17, 15) is 30.0 Å². The number of nitrogens with zero attached hydrogens (tertiary/aromatic N) is 3. The maximum atomic E-state index is 13.7. The van der Waals surface area contributed by atoms with Gasteiger partial charge in [-0.25, -0.2) is 4.79 Å². The first kappa shape index (κ1) is 59.4. The number of cyclic esters (lactones) is 1. The van der Waals surface area contributed by atoms with E-state index in [0.29, 0.717) is 45.8 Å². The first-order chi connectivity index (χ1) is 39.7. The predicted octanol–water partition coefficient (Wildman–Crippen LogP) is 17.2. The van der Waals surface area contributed by atoms with Crippen molar-refractivity contribution in [3.05, 3.63) is 170 Å². The summed E-state index contributed by atoms with van der Waals surface area (Å²) in [6, 6.07) is 31.3. The predicted molar refractivity (Wildman–Crippen MR) is 331 cm³/mol. The number of hydrogen-bond donors (Lipinski definition) is 5. The highest BCUT2D eigenvalue weighted by molar-refractivity contribution is 6.00. The molecule has 7 aromatic rings. The molecular weight excluding hydrogens is 1020 g/mol. The number of benzene rings is 5. The number of aryl methyl sites for hydroxylation is 3. The number of aromatic hydroxyl groups is 4. The molecule has 11 heteroatoms. The molecule has 0 spiro atoms. The third-order valence-corrected chi connectivity index (χ3v) is 17.8. The van der Waals surface area contributed by atoms with Gasteiger partial charge < -0.3 is 39.9 Å². The highest BCUT2D eigenvalue weighted by atomic mass is 16.6. The number of para-hydroxylation sites is 1. The van der Waals surface area contributed by atoms with E-state index in [-0.39, 0.29) is 23.3 Å². The molecule has 1 atom stereocenters. The lowest BCUT2D eigenvalue weighted by atomic mass is 9.76. The van der Waals surface area contributed by atoms with Gasteiger partial charge in [0.05, 0.1) is 11.3 Å². The average Bonchev–Trinajstić information content (AvgIpc) is 3.21. The summed E-state index contributed by atoms with van der Waals surface area (Å²) >= 11 is 0. The minimum absolute atomic E-state index is 0.141. The number of ether oxygens (including phenoxy) is 1. The first-order valence-corrected chi connectivity index (χ1v) is 30.8. The average molecular weight is 1110 g/mol. The van der Waals surface area contributed by atoms with Crippen molar-refractivity contribution >= 4 is 34.2 Å². The fraction of sp³-hybridized carbons (Fsp3) is 0.451. The summed E-state index contributed by atoms with van der Waals surface area (Å²) in [5, 5.41) is 46.6. The minimum atomic E-state index is -1.35. The molecule has 434 valence electrons. The highest BCUT2D eigenvalue weighted by Crippen LogP contribution is 2.53. The normalized spacial score (nSPS) is 16.5. The van der Waals surface area contributed by atoms with Crippen molar-refractivity contribution in [1.82, 2.24) is 9.55 Å². The molecule has 1 amide bonds. The molecule has 11 nitrogen and oxygen atoms in total. The Hall–Kier alpha value is -7.27. The fourth-order valence-corrected chi connectivity index (χ4v) is 13.8. The van der Waals surface area contributed by atoms with Crippen LogP contribution in [0.5, 0.6) is 23.0 Å². The molecule has 2 fully saturated rings. The third kappa shape index (κ3) is 12.4. The van der Waals surface area contributed by atoms with Gasteiger partial charge in [0.25, 0.3) is 0 Å². The topological polar surface area (TPSA) is 157 Å². The quantitative estimate of drug-likeness (QED) is 0.0217. The van der Waals surface area contributed by atoms with E-state index in [1.807, 2.05) is 50.2 Å². The maximum absolute atomic E-state index is 13.7. The molecule has 5 N–H and O–H groups in total. The van der Waals surface area contributed by atoms with E-state index in [0.717, 1.165) is 131 Å². The van der Waals surface area contributed by atoms with E-state index in [4.69, 9.17) is 9.72 Å². The van der Waals surface area contributed by atoms with Gasteiger partial charge in [0, 0.05) is 72.1 Å². The number of esters is 1. The molecule has 3 aliphatic rings. The summed E-state index contributed by atoms with van der Waals surface area (Å²) in [6.45, 7) is 17.0. The second kappa shape index (κ2) is 26.8. The van der Waals surface area contributed by atoms with Crippen molar-refractivity contribution in [2.75, 3.05) is 23.3 Å². The van der Waals surface area contributed by atoms with Gasteiger partial charge in [-0.1, -0.05) is 134 Å². The molecule has 2 aromatic heterocycles. The molecule has 5 aromatic carbocycles. The molecule has 2 saturated carbocycles. The largest absolute Gasteiger partial charge is 0.508 e. The van der Waals surface area contributed by atoms with Crippen molar-refractivity contribution in [1.29, 1.82) is 0 Å². The number of anilines is 2. The lowest BCUT2D eigenvalue weighted by Crippen LogP contribution is -2.33. The SMILES string of the molecule is CCCCCCCCn1c(C)c(C2(c3ccc(N(CCC)CCC)cc3NC(C)=O)OC(=O)c3cccnc32)c2ccccc21.Cc1cc(O)c(C2CCCCC2)cc1C(c1ccc(O)c(O)c1)c1cc(C2CCCCC2)c(O)cc1C. The third-order valence-electron chi connectivity index (χ3n) is 17.8. The monoisotopic (exact) mass is 1110 g/mol. The summed E-state index contributed by atoms with van der Waals surface area (Å²) in [6.07, 6.45) is 22.6. The van der Waals surface area contributed by atoms with Gasteiger partial charge in [0.1, 0.15) is 17.2 Å². The smallest absolute Gasteiger partial charge is 0.341 e. The highest BCUT2D eigenvalue weighted by Gasteiger charge is 2.54. The zero-order valence-corrected chi connectivity index (χ0v) is 49.8. The van der Waals surface area contributed by atoms with Crippen molar-refractivity contribution in [3.8, 4) is 23.0 Å². The Morgan fingerprint density at radius 1 is 0.683 bits per heavy atom. The number of fused-ring (bicyclic) bond motifs is 2. The zero-order valence-electron chi connectivity index (χ0n) is 49.8. The number of nitrogens with one attached hydrogen (secondary N) is 1. The summed E-state index contributed by atoms with van der Waals surface area (Å²) in [5.41, 5.74) is 12.1. The van der Waals surface area contributed by atoms with Crippen LogP contribution >= 0.6 is 0 Å². The van der Waals surface area contributed by atoms with E-state index < -0.39 is 11.6 Å². The van der Waals surface area contributed by atoms with E-state index in [2.05, 4.69) is 78.9 Å². The number of amides is 1. The van der Waals surface area contributed by atoms with Crippen molar-refractivity contribution in [2.24, 2.45) is 0 Å². The van der Waals surface area contributed by atoms with Gasteiger partial charge >= 0.3 is 5.97 Å². The van der Waals surface area contributed by atoms with Gasteiger partial charge in [0.15, 0.2) is 11.5 Å². The van der Waals surface area contributed by atoms with Crippen LogP contribution in [0.4, 0.5) is 11.4 Å². The number of phenolic OH excluding ortho intramolecular Hbond substituents is 4. The Labute approximate surface area is 486 Å². The second-order valence-electron chi connectivity index (χ2n) is 23.7. The molecule has 1 aliphatic heterocycles. The first-order valence-electron chi connectivity index (χ1n) is 30.8. The van der Waals surface area contributed by atoms with Crippen LogP contribution in [0.2, 0.25) is 0 Å². The van der Waals surface area contributed by atoms with Crippen LogP contribution in [0.1, 0.15) is 233 Å². The van der Waals surface area contributed by atoms with Gasteiger partial charge in [0.2, 0.25) is 11.5 Å². The van der Waals surface area contributed by atoms with Crippen LogP contribution < -0.4 is 10.2 Å². The van der Waals surface area contributed by atoms with Crippen LogP contribution in [0.25, 0.3) is 10.9 Å². The van der Waals surface area contributed by atoms with Crippen LogP contribution in [0, 0.1) is 20.8 Å². The van der Waals surface area contributed by atoms with Crippen LogP contribution in [0.15, 0.2) is 103 Å². The Morgan fingerprint density at radius 2 is 1.29 bits per heavy atom. The fourth-order valence-electron chi connectivity index (χ4n) is 13.8. The molecule has 2 aliphatic carbocycles. The molecule has 0 saturated heterocycles. The van der Waals surface area contributed by atoms with Crippen molar-refractivity contribution < 1.29 is 34.8 Å². The standard InChI is InChI=1S/C38H48N4O3.C33H40O4/c1-6-9-10-11-12-15-25-42-27(4)35(30-17-13-14-19-34(30)42)38(36-31(37(44)45-38)18-16-22-39-36)32-21-20-29(26-33(32)40-28(5)43)41(23-7-2)24-8-3;1-20-15-30(35)27(22-9-5-3-6-10-22)18-25(20)33(24-13-14-29(34)32(37)17-24)26-19-28(31(36)16-21(26)2)23-11-7-4-8-12-23/h13-14,16-22,26H,6-12,15,23-25H2,1-5H3,(H,40,43);13-19,22-23,33-37H,3-12H2,1-2H3. The molecule has 1 unspecified atom stereocenters. The summed E-state index contributed by atoms with van der Waals surface area (Å²) < 4.78 is 8.97. The molecule has 3 heterocycles.